The Morgan fingerprint density at radius 3 is 2.60 bits per heavy atom. The van der Waals surface area contributed by atoms with Crippen LogP contribution in [0.3, 0.4) is 0 Å². The molecule has 0 radical (unpaired) electrons. The van der Waals surface area contributed by atoms with Crippen LogP contribution in [0.25, 0.3) is 0 Å². The Hall–Kier alpha value is -0.900. The van der Waals surface area contributed by atoms with Crippen LogP contribution >= 0.6 is 0 Å². The minimum absolute atomic E-state index is 0.0312. The van der Waals surface area contributed by atoms with Gasteiger partial charge in [-0.2, -0.15) is 0 Å². The molecular formula is C11H20N2O2. The van der Waals surface area contributed by atoms with Gasteiger partial charge in [0, 0.05) is 18.9 Å². The number of carbonyl (C=O) groups excluding carboxylic acids is 2. The Morgan fingerprint density at radius 1 is 1.47 bits per heavy atom. The average Bonchev–Trinajstić information content (AvgIpc) is 2.19. The first-order valence-electron chi connectivity index (χ1n) is 5.41. The van der Waals surface area contributed by atoms with Crippen molar-refractivity contribution in [2.45, 2.75) is 33.6 Å². The molecule has 2 amide bonds. The van der Waals surface area contributed by atoms with Crippen LogP contribution in [0.5, 0.6) is 0 Å². The summed E-state index contributed by atoms with van der Waals surface area (Å²) in [5.41, 5.74) is 5.41. The highest BCUT2D eigenvalue weighted by Gasteiger charge is 2.34. The largest absolute Gasteiger partial charge is 0.330 e. The maximum atomic E-state index is 11.8. The molecule has 0 aromatic heterocycles. The lowest BCUT2D eigenvalue weighted by Gasteiger charge is -2.34. The summed E-state index contributed by atoms with van der Waals surface area (Å²) in [6, 6.07) is 0. The van der Waals surface area contributed by atoms with E-state index in [1.165, 1.54) is 4.90 Å². The second-order valence-corrected chi connectivity index (χ2v) is 5.13. The summed E-state index contributed by atoms with van der Waals surface area (Å²) in [7, 11) is 0. The first-order valence-corrected chi connectivity index (χ1v) is 5.41. The third kappa shape index (κ3) is 2.78. The number of imide groups is 1. The maximum Gasteiger partial charge on any atom is 0.232 e. The number of carbonyl (C=O) groups is 2. The lowest BCUT2D eigenvalue weighted by molar-refractivity contribution is -0.152. The van der Waals surface area contributed by atoms with Crippen LogP contribution in [0.15, 0.2) is 0 Å². The smallest absolute Gasteiger partial charge is 0.232 e. The van der Waals surface area contributed by atoms with Gasteiger partial charge in [0.05, 0.1) is 0 Å². The van der Waals surface area contributed by atoms with Gasteiger partial charge in [0.25, 0.3) is 0 Å². The van der Waals surface area contributed by atoms with Crippen molar-refractivity contribution < 1.29 is 9.59 Å². The lowest BCUT2D eigenvalue weighted by Crippen LogP contribution is -2.49. The zero-order valence-corrected chi connectivity index (χ0v) is 9.75. The summed E-state index contributed by atoms with van der Waals surface area (Å²) in [4.78, 5) is 24.8. The summed E-state index contributed by atoms with van der Waals surface area (Å²) >= 11 is 0. The van der Waals surface area contributed by atoms with Gasteiger partial charge in [-0.05, 0) is 18.4 Å². The highest BCUT2D eigenvalue weighted by molar-refractivity contribution is 5.98. The van der Waals surface area contributed by atoms with E-state index >= 15 is 0 Å². The second-order valence-electron chi connectivity index (χ2n) is 5.13. The van der Waals surface area contributed by atoms with Crippen LogP contribution in [-0.2, 0) is 9.59 Å². The molecule has 1 fully saturated rings. The Kier molecular flexibility index (Phi) is 3.50. The van der Waals surface area contributed by atoms with E-state index in [2.05, 4.69) is 0 Å². The number of hydrogen-bond donors (Lipinski definition) is 1. The van der Waals surface area contributed by atoms with Gasteiger partial charge in [-0.25, -0.2) is 0 Å². The molecule has 1 aliphatic heterocycles. The molecule has 1 saturated heterocycles. The molecule has 1 atom stereocenters. The predicted octanol–water partition coefficient (Wildman–Crippen LogP) is 0.756. The van der Waals surface area contributed by atoms with E-state index in [1.807, 2.05) is 20.8 Å². The van der Waals surface area contributed by atoms with Crippen LogP contribution in [0.1, 0.15) is 33.6 Å². The van der Waals surface area contributed by atoms with Crippen molar-refractivity contribution >= 4 is 11.8 Å². The molecule has 0 aromatic carbocycles. The first-order chi connectivity index (χ1) is 6.87. The number of amides is 2. The van der Waals surface area contributed by atoms with Crippen LogP contribution in [0.4, 0.5) is 0 Å². The topological polar surface area (TPSA) is 63.4 Å². The molecule has 2 N–H and O–H groups in total. The van der Waals surface area contributed by atoms with Crippen molar-refractivity contribution in [1.82, 2.24) is 4.90 Å². The monoisotopic (exact) mass is 212 g/mol. The fourth-order valence-corrected chi connectivity index (χ4v) is 1.65. The third-order valence-corrected chi connectivity index (χ3v) is 2.92. The molecule has 1 heterocycles. The molecule has 86 valence electrons. The van der Waals surface area contributed by atoms with Gasteiger partial charge in [0.15, 0.2) is 0 Å². The lowest BCUT2D eigenvalue weighted by atomic mass is 9.90. The van der Waals surface area contributed by atoms with Crippen LogP contribution < -0.4 is 5.73 Å². The first kappa shape index (κ1) is 12.2. The molecule has 1 rings (SSSR count). The van der Waals surface area contributed by atoms with E-state index in [9.17, 15) is 9.59 Å². The zero-order valence-electron chi connectivity index (χ0n) is 9.75. The van der Waals surface area contributed by atoms with Crippen molar-refractivity contribution in [2.75, 3.05) is 13.1 Å². The number of rotatable bonds is 3. The Labute approximate surface area is 90.8 Å². The Bertz CT molecular complexity index is 274. The molecular weight excluding hydrogens is 192 g/mol. The highest BCUT2D eigenvalue weighted by atomic mass is 16.2. The van der Waals surface area contributed by atoms with Crippen molar-refractivity contribution in [3.8, 4) is 0 Å². The van der Waals surface area contributed by atoms with Gasteiger partial charge in [0.2, 0.25) is 11.8 Å². The molecule has 4 heteroatoms. The van der Waals surface area contributed by atoms with Crippen LogP contribution in [0, 0.1) is 11.3 Å². The molecule has 0 saturated carbocycles. The minimum atomic E-state index is -0.192. The fraction of sp³-hybridized carbons (Fsp3) is 0.818. The van der Waals surface area contributed by atoms with Gasteiger partial charge >= 0.3 is 0 Å². The summed E-state index contributed by atoms with van der Waals surface area (Å²) in [6.07, 6.45) is 1.16. The van der Waals surface area contributed by atoms with Gasteiger partial charge in [0.1, 0.15) is 0 Å². The van der Waals surface area contributed by atoms with E-state index in [0.29, 0.717) is 25.9 Å². The molecule has 0 aliphatic carbocycles. The molecule has 1 unspecified atom stereocenters. The van der Waals surface area contributed by atoms with Crippen molar-refractivity contribution in [2.24, 2.45) is 17.1 Å². The maximum absolute atomic E-state index is 11.8. The molecule has 0 aromatic rings. The molecule has 0 bridgehead atoms. The number of piperidine rings is 1. The SMILES string of the molecule is CC1CCC(=O)N(CC(C)(C)CN)C1=O. The number of likely N-dealkylation sites (tertiary alicyclic amines) is 1. The average molecular weight is 212 g/mol. The standard InChI is InChI=1S/C11H20N2O2/c1-8-4-5-9(14)13(10(8)15)7-11(2,3)6-12/h8H,4-7,12H2,1-3H3. The van der Waals surface area contributed by atoms with Gasteiger partial charge in [-0.1, -0.05) is 20.8 Å². The summed E-state index contributed by atoms with van der Waals surface area (Å²) in [6.45, 7) is 6.71. The van der Waals surface area contributed by atoms with Crippen LogP contribution in [-0.4, -0.2) is 29.8 Å². The number of nitrogens with zero attached hydrogens (tertiary/aromatic N) is 1. The van der Waals surface area contributed by atoms with Crippen LogP contribution in [0.2, 0.25) is 0 Å². The molecule has 15 heavy (non-hydrogen) atoms. The van der Waals surface area contributed by atoms with Crippen molar-refractivity contribution in [3.63, 3.8) is 0 Å². The van der Waals surface area contributed by atoms with E-state index in [-0.39, 0.29) is 23.1 Å². The highest BCUT2D eigenvalue weighted by Crippen LogP contribution is 2.23. The Morgan fingerprint density at radius 2 is 2.07 bits per heavy atom. The Balaban J connectivity index is 2.74. The van der Waals surface area contributed by atoms with Crippen molar-refractivity contribution in [3.05, 3.63) is 0 Å². The third-order valence-electron chi connectivity index (χ3n) is 2.92. The second kappa shape index (κ2) is 4.31. The predicted molar refractivity (Wildman–Crippen MR) is 58.0 cm³/mol. The van der Waals surface area contributed by atoms with E-state index < -0.39 is 0 Å². The summed E-state index contributed by atoms with van der Waals surface area (Å²) in [5.74, 6) is -0.135. The molecule has 4 nitrogen and oxygen atoms in total. The molecule has 1 aliphatic rings. The number of hydrogen-bond acceptors (Lipinski definition) is 3. The van der Waals surface area contributed by atoms with Gasteiger partial charge < -0.3 is 5.73 Å². The minimum Gasteiger partial charge on any atom is -0.330 e. The quantitative estimate of drug-likeness (QED) is 0.702. The van der Waals surface area contributed by atoms with E-state index in [1.54, 1.807) is 0 Å². The van der Waals surface area contributed by atoms with Gasteiger partial charge in [-0.15, -0.1) is 0 Å². The van der Waals surface area contributed by atoms with E-state index in [0.717, 1.165) is 0 Å². The van der Waals surface area contributed by atoms with Gasteiger partial charge in [-0.3, -0.25) is 14.5 Å². The normalized spacial score (nSPS) is 23.5. The fourth-order valence-electron chi connectivity index (χ4n) is 1.65. The van der Waals surface area contributed by atoms with E-state index in [4.69, 9.17) is 5.73 Å². The summed E-state index contributed by atoms with van der Waals surface area (Å²) in [5, 5.41) is 0. The van der Waals surface area contributed by atoms with Crippen molar-refractivity contribution in [1.29, 1.82) is 0 Å². The number of nitrogens with two attached hydrogens (primary N) is 1. The molecule has 0 spiro atoms. The summed E-state index contributed by atoms with van der Waals surface area (Å²) < 4.78 is 0. The zero-order chi connectivity index (χ0) is 11.6.